The number of piperidine rings is 1. The molecule has 1 aromatic carbocycles. The van der Waals surface area contributed by atoms with Gasteiger partial charge in [0.25, 0.3) is 0 Å². The normalized spacial score (nSPS) is 22.8. The third-order valence-electron chi connectivity index (χ3n) is 6.71. The molecule has 0 amide bonds. The van der Waals surface area contributed by atoms with Gasteiger partial charge in [0.1, 0.15) is 5.82 Å². The molecule has 5 rings (SSSR count). The fourth-order valence-corrected chi connectivity index (χ4v) is 6.18. The van der Waals surface area contributed by atoms with Gasteiger partial charge in [0, 0.05) is 35.6 Å². The number of ether oxygens (including phenoxy) is 1. The van der Waals surface area contributed by atoms with Crippen LogP contribution in [0.25, 0.3) is 5.65 Å². The number of halogens is 2. The Kier molecular flexibility index (Phi) is 5.70. The Labute approximate surface area is 201 Å². The van der Waals surface area contributed by atoms with Crippen molar-refractivity contribution in [2.24, 2.45) is 11.1 Å². The van der Waals surface area contributed by atoms with Crippen molar-refractivity contribution < 1.29 is 4.74 Å². The van der Waals surface area contributed by atoms with E-state index in [1.165, 1.54) is 11.8 Å². The molecule has 2 atom stereocenters. The van der Waals surface area contributed by atoms with Crippen LogP contribution in [0.2, 0.25) is 10.0 Å². The van der Waals surface area contributed by atoms with Crippen LogP contribution in [0.5, 0.6) is 0 Å². The summed E-state index contributed by atoms with van der Waals surface area (Å²) in [5, 5.41) is 0.996. The molecule has 170 valence electrons. The smallest absolute Gasteiger partial charge is 0.213 e. The fraction of sp³-hybridized carbons (Fsp3) is 0.455. The quantitative estimate of drug-likeness (QED) is 0.558. The minimum atomic E-state index is 0.0462. The van der Waals surface area contributed by atoms with Gasteiger partial charge in [-0.3, -0.25) is 4.40 Å². The molecule has 0 saturated carbocycles. The zero-order valence-corrected chi connectivity index (χ0v) is 20.3. The summed E-state index contributed by atoms with van der Waals surface area (Å²) in [5.74, 6) is 1.23. The van der Waals surface area contributed by atoms with Crippen LogP contribution in [0, 0.1) is 12.3 Å². The Bertz CT molecular complexity index is 1180. The summed E-state index contributed by atoms with van der Waals surface area (Å²) in [4.78, 5) is 13.4. The standard InChI is InChI=1S/C22H26Cl2N6OS/c1-12-10-30-20(27-12)17(32-15-5-3-4-14(23)16(15)24)19(26)28-21(30)29-8-6-22(7-9-29)11-31-13(2)18(22)25/h3-5,10,13,18H,6-9,11,25-26H2,1-2H3. The summed E-state index contributed by atoms with van der Waals surface area (Å²) in [6.07, 6.45) is 4.03. The maximum Gasteiger partial charge on any atom is 0.213 e. The molecule has 2 aliphatic heterocycles. The first-order chi connectivity index (χ1) is 15.3. The Balaban J connectivity index is 1.48. The van der Waals surface area contributed by atoms with Crippen LogP contribution in [-0.2, 0) is 4.74 Å². The lowest BCUT2D eigenvalue weighted by Gasteiger charge is -2.41. The first-order valence-corrected chi connectivity index (χ1v) is 12.3. The first kappa shape index (κ1) is 22.1. The van der Waals surface area contributed by atoms with E-state index in [4.69, 9.17) is 49.4 Å². The number of benzene rings is 1. The number of nitrogens with two attached hydrogens (primary N) is 2. The topological polar surface area (TPSA) is 94.7 Å². The summed E-state index contributed by atoms with van der Waals surface area (Å²) in [6.45, 7) is 6.45. The molecule has 4 heterocycles. The Morgan fingerprint density at radius 1 is 1.22 bits per heavy atom. The summed E-state index contributed by atoms with van der Waals surface area (Å²) in [5.41, 5.74) is 14.7. The number of anilines is 2. The Morgan fingerprint density at radius 2 is 1.97 bits per heavy atom. The van der Waals surface area contributed by atoms with Gasteiger partial charge in [-0.1, -0.05) is 41.0 Å². The minimum absolute atomic E-state index is 0.0462. The van der Waals surface area contributed by atoms with E-state index in [-0.39, 0.29) is 17.6 Å². The predicted molar refractivity (Wildman–Crippen MR) is 130 cm³/mol. The van der Waals surface area contributed by atoms with Gasteiger partial charge >= 0.3 is 0 Å². The average molecular weight is 493 g/mol. The number of aryl methyl sites for hydroxylation is 1. The SMILES string of the molecule is Cc1cn2c(N3CCC4(CC3)COC(C)C4N)nc(N)c(Sc3cccc(Cl)c3Cl)c2n1. The van der Waals surface area contributed by atoms with Crippen LogP contribution in [0.4, 0.5) is 11.8 Å². The van der Waals surface area contributed by atoms with Crippen LogP contribution in [0.3, 0.4) is 0 Å². The molecule has 32 heavy (non-hydrogen) atoms. The van der Waals surface area contributed by atoms with Gasteiger partial charge in [0.15, 0.2) is 5.65 Å². The molecule has 2 unspecified atom stereocenters. The van der Waals surface area contributed by atoms with Crippen molar-refractivity contribution in [2.75, 3.05) is 30.3 Å². The zero-order chi connectivity index (χ0) is 22.6. The molecule has 2 aromatic heterocycles. The molecule has 10 heteroatoms. The number of fused-ring (bicyclic) bond motifs is 1. The van der Waals surface area contributed by atoms with Crippen molar-refractivity contribution in [1.82, 2.24) is 14.4 Å². The van der Waals surface area contributed by atoms with E-state index in [0.29, 0.717) is 15.9 Å². The van der Waals surface area contributed by atoms with Gasteiger partial charge in [0.05, 0.1) is 33.3 Å². The van der Waals surface area contributed by atoms with E-state index in [0.717, 1.165) is 59.6 Å². The lowest BCUT2D eigenvalue weighted by Crippen LogP contribution is -2.51. The van der Waals surface area contributed by atoms with Crippen molar-refractivity contribution in [1.29, 1.82) is 0 Å². The summed E-state index contributed by atoms with van der Waals surface area (Å²) in [7, 11) is 0. The monoisotopic (exact) mass is 492 g/mol. The first-order valence-electron chi connectivity index (χ1n) is 10.7. The van der Waals surface area contributed by atoms with Crippen LogP contribution in [0.15, 0.2) is 34.2 Å². The van der Waals surface area contributed by atoms with Gasteiger partial charge in [0.2, 0.25) is 5.95 Å². The van der Waals surface area contributed by atoms with Gasteiger partial charge in [-0.2, -0.15) is 4.98 Å². The van der Waals surface area contributed by atoms with Crippen LogP contribution in [-0.4, -0.2) is 46.2 Å². The number of imidazole rings is 1. The van der Waals surface area contributed by atoms with Gasteiger partial charge < -0.3 is 21.1 Å². The molecular weight excluding hydrogens is 467 g/mol. The fourth-order valence-electron chi connectivity index (χ4n) is 4.76. The molecule has 3 aromatic rings. The zero-order valence-electron chi connectivity index (χ0n) is 18.0. The highest BCUT2D eigenvalue weighted by atomic mass is 35.5. The summed E-state index contributed by atoms with van der Waals surface area (Å²) in [6, 6.07) is 5.61. The molecule has 0 aliphatic carbocycles. The van der Waals surface area contributed by atoms with Crippen molar-refractivity contribution in [3.63, 3.8) is 0 Å². The lowest BCUT2D eigenvalue weighted by atomic mass is 9.73. The number of aromatic nitrogens is 3. The predicted octanol–water partition coefficient (Wildman–Crippen LogP) is 4.41. The highest BCUT2D eigenvalue weighted by Crippen LogP contribution is 2.44. The molecular formula is C22H26Cl2N6OS. The molecule has 4 N–H and O–H groups in total. The third kappa shape index (κ3) is 3.62. The van der Waals surface area contributed by atoms with Crippen molar-refractivity contribution in [3.8, 4) is 0 Å². The molecule has 2 fully saturated rings. The van der Waals surface area contributed by atoms with E-state index in [9.17, 15) is 0 Å². The number of hydrogen-bond donors (Lipinski definition) is 2. The molecule has 1 spiro atoms. The van der Waals surface area contributed by atoms with Crippen LogP contribution in [0.1, 0.15) is 25.5 Å². The molecule has 0 bridgehead atoms. The maximum absolute atomic E-state index is 6.49. The van der Waals surface area contributed by atoms with E-state index >= 15 is 0 Å². The molecule has 2 saturated heterocycles. The average Bonchev–Trinajstić information content (AvgIpc) is 3.29. The van der Waals surface area contributed by atoms with E-state index in [1.807, 2.05) is 29.7 Å². The van der Waals surface area contributed by atoms with Crippen molar-refractivity contribution in [3.05, 3.63) is 40.1 Å². The van der Waals surface area contributed by atoms with Crippen molar-refractivity contribution in [2.45, 2.75) is 48.6 Å². The largest absolute Gasteiger partial charge is 0.383 e. The van der Waals surface area contributed by atoms with E-state index in [1.54, 1.807) is 6.07 Å². The van der Waals surface area contributed by atoms with Gasteiger partial charge in [-0.15, -0.1) is 0 Å². The Morgan fingerprint density at radius 3 is 2.66 bits per heavy atom. The number of rotatable bonds is 3. The molecule has 2 aliphatic rings. The second kappa shape index (κ2) is 8.25. The summed E-state index contributed by atoms with van der Waals surface area (Å²) < 4.78 is 7.89. The number of nitrogens with zero attached hydrogens (tertiary/aromatic N) is 4. The molecule has 0 radical (unpaired) electrons. The minimum Gasteiger partial charge on any atom is -0.383 e. The summed E-state index contributed by atoms with van der Waals surface area (Å²) >= 11 is 14.0. The van der Waals surface area contributed by atoms with Crippen LogP contribution < -0.4 is 16.4 Å². The number of nitrogen functional groups attached to an aromatic ring is 1. The molecule has 7 nitrogen and oxygen atoms in total. The van der Waals surface area contributed by atoms with E-state index in [2.05, 4.69) is 11.8 Å². The number of hydrogen-bond acceptors (Lipinski definition) is 7. The second-order valence-corrected chi connectivity index (χ2v) is 10.6. The van der Waals surface area contributed by atoms with Gasteiger partial charge in [-0.25, -0.2) is 4.98 Å². The van der Waals surface area contributed by atoms with E-state index < -0.39 is 0 Å². The van der Waals surface area contributed by atoms with Crippen LogP contribution >= 0.6 is 35.0 Å². The van der Waals surface area contributed by atoms with Crippen molar-refractivity contribution >= 4 is 52.4 Å². The Hall–Kier alpha value is -1.71. The third-order valence-corrected chi connectivity index (χ3v) is 8.80. The lowest BCUT2D eigenvalue weighted by molar-refractivity contribution is 0.0973. The van der Waals surface area contributed by atoms with Gasteiger partial charge in [-0.05, 0) is 38.8 Å². The highest BCUT2D eigenvalue weighted by Gasteiger charge is 2.47. The maximum atomic E-state index is 6.49. The highest BCUT2D eigenvalue weighted by molar-refractivity contribution is 7.99. The second-order valence-electron chi connectivity index (χ2n) is 8.75.